The lowest BCUT2D eigenvalue weighted by atomic mass is 10.0. The number of nitrogens with one attached hydrogen (secondary N) is 1. The van der Waals surface area contributed by atoms with Crippen LogP contribution in [0.15, 0.2) is 18.3 Å². The normalized spacial score (nSPS) is 16.8. The molecule has 0 unspecified atom stereocenters. The Morgan fingerprint density at radius 3 is 2.89 bits per heavy atom. The SMILES string of the molecule is CC(C)CNCc1cccn1CC1(CC#N)CC1. The largest absolute Gasteiger partial charge is 0.350 e. The van der Waals surface area contributed by atoms with E-state index in [4.69, 9.17) is 5.26 Å². The molecule has 0 atom stereocenters. The minimum absolute atomic E-state index is 0.278. The molecular weight excluding hydrogens is 222 g/mol. The maximum atomic E-state index is 8.87. The van der Waals surface area contributed by atoms with Crippen molar-refractivity contribution in [3.63, 3.8) is 0 Å². The number of aromatic nitrogens is 1. The van der Waals surface area contributed by atoms with Crippen LogP contribution in [0.5, 0.6) is 0 Å². The number of hydrogen-bond donors (Lipinski definition) is 1. The molecule has 98 valence electrons. The summed E-state index contributed by atoms with van der Waals surface area (Å²) in [4.78, 5) is 0. The predicted octanol–water partition coefficient (Wildman–Crippen LogP) is 2.93. The van der Waals surface area contributed by atoms with Gasteiger partial charge < -0.3 is 9.88 Å². The van der Waals surface area contributed by atoms with Gasteiger partial charge >= 0.3 is 0 Å². The van der Waals surface area contributed by atoms with Gasteiger partial charge in [0.05, 0.1) is 6.07 Å². The molecule has 0 bridgehead atoms. The molecule has 1 aliphatic carbocycles. The summed E-state index contributed by atoms with van der Waals surface area (Å²) in [6.07, 6.45) is 5.25. The van der Waals surface area contributed by atoms with Gasteiger partial charge in [-0.3, -0.25) is 0 Å². The topological polar surface area (TPSA) is 40.8 Å². The molecule has 0 amide bonds. The molecule has 1 N–H and O–H groups in total. The van der Waals surface area contributed by atoms with Gasteiger partial charge in [-0.25, -0.2) is 0 Å². The Morgan fingerprint density at radius 1 is 1.50 bits per heavy atom. The Bertz CT molecular complexity index is 421. The summed E-state index contributed by atoms with van der Waals surface area (Å²) in [5.74, 6) is 0.682. The molecule has 0 spiro atoms. The van der Waals surface area contributed by atoms with Crippen LogP contribution in [0.2, 0.25) is 0 Å². The standard InChI is InChI=1S/C15H23N3/c1-13(2)10-17-11-14-4-3-9-18(14)12-15(5-6-15)7-8-16/h3-4,9,13,17H,5-7,10-12H2,1-2H3. The fourth-order valence-corrected chi connectivity index (χ4v) is 2.35. The lowest BCUT2D eigenvalue weighted by Crippen LogP contribution is -2.22. The van der Waals surface area contributed by atoms with Gasteiger partial charge in [0.2, 0.25) is 0 Å². The van der Waals surface area contributed by atoms with Crippen LogP contribution in [0.4, 0.5) is 0 Å². The van der Waals surface area contributed by atoms with Crippen molar-refractivity contribution in [3.05, 3.63) is 24.0 Å². The lowest BCUT2D eigenvalue weighted by molar-refractivity contribution is 0.419. The average Bonchev–Trinajstić information content (AvgIpc) is 2.92. The summed E-state index contributed by atoms with van der Waals surface area (Å²) in [5, 5.41) is 12.4. The van der Waals surface area contributed by atoms with Crippen molar-refractivity contribution < 1.29 is 0 Å². The van der Waals surface area contributed by atoms with E-state index in [0.717, 1.165) is 19.6 Å². The first-order valence-corrected chi connectivity index (χ1v) is 6.87. The van der Waals surface area contributed by atoms with Crippen LogP contribution in [0.25, 0.3) is 0 Å². The molecule has 0 aliphatic heterocycles. The number of rotatable bonds is 7. The van der Waals surface area contributed by atoms with Gasteiger partial charge in [0.15, 0.2) is 0 Å². The fourth-order valence-electron chi connectivity index (χ4n) is 2.35. The molecule has 0 aromatic carbocycles. The molecule has 2 rings (SSSR count). The molecule has 1 aromatic rings. The van der Waals surface area contributed by atoms with Crippen LogP contribution in [-0.4, -0.2) is 11.1 Å². The van der Waals surface area contributed by atoms with E-state index in [0.29, 0.717) is 12.3 Å². The summed E-state index contributed by atoms with van der Waals surface area (Å²) in [5.41, 5.74) is 1.61. The highest BCUT2D eigenvalue weighted by atomic mass is 15.0. The highest BCUT2D eigenvalue weighted by Crippen LogP contribution is 2.50. The molecule has 1 fully saturated rings. The highest BCUT2D eigenvalue weighted by molar-refractivity contribution is 5.10. The molecule has 1 saturated carbocycles. The quantitative estimate of drug-likeness (QED) is 0.802. The fraction of sp³-hybridized carbons (Fsp3) is 0.667. The van der Waals surface area contributed by atoms with Crippen LogP contribution >= 0.6 is 0 Å². The molecule has 1 aromatic heterocycles. The van der Waals surface area contributed by atoms with Crippen LogP contribution in [0.1, 0.15) is 38.8 Å². The first-order chi connectivity index (χ1) is 8.65. The van der Waals surface area contributed by atoms with Crippen molar-refractivity contribution in [1.82, 2.24) is 9.88 Å². The zero-order valence-electron chi connectivity index (χ0n) is 11.4. The van der Waals surface area contributed by atoms with Crippen molar-refractivity contribution >= 4 is 0 Å². The zero-order valence-corrected chi connectivity index (χ0v) is 11.4. The molecule has 1 heterocycles. The summed E-state index contributed by atoms with van der Waals surface area (Å²) in [7, 11) is 0. The van der Waals surface area contributed by atoms with Gasteiger partial charge in [-0.15, -0.1) is 0 Å². The summed E-state index contributed by atoms with van der Waals surface area (Å²) >= 11 is 0. The summed E-state index contributed by atoms with van der Waals surface area (Å²) in [6.45, 7) is 7.42. The smallest absolute Gasteiger partial charge is 0.0628 e. The van der Waals surface area contributed by atoms with Gasteiger partial charge in [-0.05, 0) is 37.4 Å². The van der Waals surface area contributed by atoms with E-state index in [-0.39, 0.29) is 5.41 Å². The minimum Gasteiger partial charge on any atom is -0.350 e. The molecule has 18 heavy (non-hydrogen) atoms. The van der Waals surface area contributed by atoms with Gasteiger partial charge in [0.25, 0.3) is 0 Å². The van der Waals surface area contributed by atoms with Crippen LogP contribution in [-0.2, 0) is 13.1 Å². The van der Waals surface area contributed by atoms with Crippen LogP contribution < -0.4 is 5.32 Å². The third kappa shape index (κ3) is 3.36. The Kier molecular flexibility index (Phi) is 4.08. The Balaban J connectivity index is 1.90. The van der Waals surface area contributed by atoms with E-state index >= 15 is 0 Å². The highest BCUT2D eigenvalue weighted by Gasteiger charge is 2.42. The molecule has 3 nitrogen and oxygen atoms in total. The van der Waals surface area contributed by atoms with E-state index in [2.05, 4.69) is 48.1 Å². The summed E-state index contributed by atoms with van der Waals surface area (Å²) < 4.78 is 2.32. The number of nitrogens with zero attached hydrogens (tertiary/aromatic N) is 2. The van der Waals surface area contributed by atoms with E-state index < -0.39 is 0 Å². The Morgan fingerprint density at radius 2 is 2.28 bits per heavy atom. The van der Waals surface area contributed by atoms with Crippen molar-refractivity contribution in [3.8, 4) is 6.07 Å². The van der Waals surface area contributed by atoms with Gasteiger partial charge in [0.1, 0.15) is 0 Å². The van der Waals surface area contributed by atoms with Crippen molar-refractivity contribution in [2.45, 2.75) is 46.2 Å². The molecule has 1 aliphatic rings. The monoisotopic (exact) mass is 245 g/mol. The van der Waals surface area contributed by atoms with Gasteiger partial charge in [0, 0.05) is 36.8 Å². The van der Waals surface area contributed by atoms with Crippen molar-refractivity contribution in [1.29, 1.82) is 5.26 Å². The first kappa shape index (κ1) is 13.2. The van der Waals surface area contributed by atoms with Gasteiger partial charge in [-0.2, -0.15) is 5.26 Å². The molecule has 0 radical (unpaired) electrons. The van der Waals surface area contributed by atoms with E-state index in [1.807, 2.05) is 0 Å². The molecular formula is C15H23N3. The van der Waals surface area contributed by atoms with Crippen LogP contribution in [0.3, 0.4) is 0 Å². The third-order valence-corrected chi connectivity index (χ3v) is 3.70. The van der Waals surface area contributed by atoms with E-state index in [1.54, 1.807) is 0 Å². The Labute approximate surface area is 110 Å². The maximum Gasteiger partial charge on any atom is 0.0628 e. The minimum atomic E-state index is 0.278. The van der Waals surface area contributed by atoms with E-state index in [1.165, 1.54) is 18.5 Å². The molecule has 0 saturated heterocycles. The number of hydrogen-bond acceptors (Lipinski definition) is 2. The van der Waals surface area contributed by atoms with E-state index in [9.17, 15) is 0 Å². The van der Waals surface area contributed by atoms with Gasteiger partial charge in [-0.1, -0.05) is 13.8 Å². The van der Waals surface area contributed by atoms with Crippen molar-refractivity contribution in [2.75, 3.05) is 6.54 Å². The number of nitriles is 1. The lowest BCUT2D eigenvalue weighted by Gasteiger charge is -2.16. The Hall–Kier alpha value is -1.27. The molecule has 3 heteroatoms. The second-order valence-corrected chi connectivity index (χ2v) is 5.99. The summed E-state index contributed by atoms with van der Waals surface area (Å²) in [6, 6.07) is 6.61. The zero-order chi connectivity index (χ0) is 13.0. The first-order valence-electron chi connectivity index (χ1n) is 6.87. The van der Waals surface area contributed by atoms with Crippen LogP contribution in [0, 0.1) is 22.7 Å². The predicted molar refractivity (Wildman–Crippen MR) is 72.9 cm³/mol. The second-order valence-electron chi connectivity index (χ2n) is 5.99. The maximum absolute atomic E-state index is 8.87. The second kappa shape index (κ2) is 5.58. The third-order valence-electron chi connectivity index (χ3n) is 3.70. The average molecular weight is 245 g/mol. The van der Waals surface area contributed by atoms with Crippen molar-refractivity contribution in [2.24, 2.45) is 11.3 Å².